The van der Waals surface area contributed by atoms with Gasteiger partial charge in [0.25, 0.3) is 5.91 Å². The molecule has 1 heterocycles. The van der Waals surface area contributed by atoms with Crippen molar-refractivity contribution in [1.82, 2.24) is 15.5 Å². The van der Waals surface area contributed by atoms with Crippen molar-refractivity contribution in [3.8, 4) is 0 Å². The molecule has 0 unspecified atom stereocenters. The molecule has 9 nitrogen and oxygen atoms in total. The third-order valence-electron chi connectivity index (χ3n) is 3.45. The molecule has 0 aliphatic heterocycles. The van der Waals surface area contributed by atoms with Crippen LogP contribution in [0.5, 0.6) is 0 Å². The minimum absolute atomic E-state index is 0.0775. The first-order valence-electron chi connectivity index (χ1n) is 7.78. The van der Waals surface area contributed by atoms with Gasteiger partial charge >= 0.3 is 5.69 Å². The summed E-state index contributed by atoms with van der Waals surface area (Å²) in [7, 11) is 0. The molecule has 2 amide bonds. The Hall–Kier alpha value is -3.23. The summed E-state index contributed by atoms with van der Waals surface area (Å²) < 4.78 is 0. The van der Waals surface area contributed by atoms with Crippen LogP contribution in [0.15, 0.2) is 24.3 Å². The predicted molar refractivity (Wildman–Crippen MR) is 91.1 cm³/mol. The number of aromatic amines is 1. The van der Waals surface area contributed by atoms with E-state index in [1.54, 1.807) is 24.3 Å². The number of aromatic nitrogens is 2. The van der Waals surface area contributed by atoms with Crippen LogP contribution < -0.4 is 10.6 Å². The number of carbonyl (C=O) groups excluding carboxylic acids is 2. The van der Waals surface area contributed by atoms with Gasteiger partial charge in [0.15, 0.2) is 0 Å². The fraction of sp³-hybridized carbons (Fsp3) is 0.312. The average molecular weight is 345 g/mol. The highest BCUT2D eigenvalue weighted by molar-refractivity contribution is 5.96. The van der Waals surface area contributed by atoms with E-state index in [2.05, 4.69) is 20.8 Å². The molecule has 9 heteroatoms. The number of nitrogens with zero attached hydrogens (tertiary/aromatic N) is 2. The minimum atomic E-state index is -0.642. The Morgan fingerprint density at radius 3 is 2.80 bits per heavy atom. The van der Waals surface area contributed by atoms with Gasteiger partial charge in [-0.3, -0.25) is 24.8 Å². The molecule has 0 aliphatic rings. The lowest BCUT2D eigenvalue weighted by molar-refractivity contribution is -0.385. The van der Waals surface area contributed by atoms with E-state index < -0.39 is 10.8 Å². The molecule has 0 atom stereocenters. The normalized spacial score (nSPS) is 10.3. The molecule has 0 saturated heterocycles. The largest absolute Gasteiger partial charge is 0.346 e. The van der Waals surface area contributed by atoms with Crippen LogP contribution in [0.1, 0.15) is 41.5 Å². The van der Waals surface area contributed by atoms with Gasteiger partial charge in [0.05, 0.1) is 4.92 Å². The molecule has 0 radical (unpaired) electrons. The number of anilines is 1. The lowest BCUT2D eigenvalue weighted by atomic mass is 10.2. The molecule has 132 valence electrons. The van der Waals surface area contributed by atoms with E-state index in [0.717, 1.165) is 12.0 Å². The zero-order chi connectivity index (χ0) is 18.4. The Morgan fingerprint density at radius 1 is 1.36 bits per heavy atom. The highest BCUT2D eigenvalue weighted by Gasteiger charge is 2.26. The van der Waals surface area contributed by atoms with Gasteiger partial charge in [-0.05, 0) is 31.0 Å². The second kappa shape index (κ2) is 8.04. The van der Waals surface area contributed by atoms with Gasteiger partial charge in [-0.2, -0.15) is 5.10 Å². The number of benzene rings is 1. The van der Waals surface area contributed by atoms with Crippen LogP contribution in [0.25, 0.3) is 0 Å². The number of carbonyl (C=O) groups is 2. The zero-order valence-electron chi connectivity index (χ0n) is 14.0. The maximum absolute atomic E-state index is 12.1. The van der Waals surface area contributed by atoms with Gasteiger partial charge in [-0.15, -0.1) is 0 Å². The molecule has 0 fully saturated rings. The molecule has 2 rings (SSSR count). The van der Waals surface area contributed by atoms with Gasteiger partial charge < -0.3 is 10.6 Å². The van der Waals surface area contributed by atoms with Gasteiger partial charge in [0.2, 0.25) is 11.6 Å². The molecule has 2 aromatic rings. The van der Waals surface area contributed by atoms with Crippen LogP contribution in [0.4, 0.5) is 11.4 Å². The molecule has 1 aromatic heterocycles. The Bertz CT molecular complexity index is 800. The van der Waals surface area contributed by atoms with Crippen molar-refractivity contribution >= 4 is 23.2 Å². The van der Waals surface area contributed by atoms with Crippen molar-refractivity contribution < 1.29 is 14.5 Å². The number of amides is 2. The Labute approximate surface area is 144 Å². The Balaban J connectivity index is 2.03. The van der Waals surface area contributed by atoms with E-state index >= 15 is 0 Å². The van der Waals surface area contributed by atoms with E-state index in [0.29, 0.717) is 12.1 Å². The molecular formula is C16H19N5O4. The third kappa shape index (κ3) is 4.63. The fourth-order valence-electron chi connectivity index (χ4n) is 2.28. The van der Waals surface area contributed by atoms with Crippen LogP contribution in [0.3, 0.4) is 0 Å². The van der Waals surface area contributed by atoms with Crippen molar-refractivity contribution in [2.45, 2.75) is 33.2 Å². The number of rotatable bonds is 7. The highest BCUT2D eigenvalue weighted by Crippen LogP contribution is 2.20. The van der Waals surface area contributed by atoms with E-state index in [1.807, 2.05) is 6.92 Å². The molecule has 3 N–H and O–H groups in total. The van der Waals surface area contributed by atoms with Crippen LogP contribution in [-0.4, -0.2) is 26.9 Å². The standard InChI is InChI=1S/C16H19N5O4/c1-3-5-13(22)18-12-7-4-6-11(8-12)9-17-16(23)14-15(21(24)25)10(2)19-20-14/h4,6-8H,3,5,9H2,1-2H3,(H,17,23)(H,18,22)(H,19,20). The average Bonchev–Trinajstić information content (AvgIpc) is 2.95. The first kappa shape index (κ1) is 18.1. The number of hydrogen-bond acceptors (Lipinski definition) is 5. The van der Waals surface area contributed by atoms with Gasteiger partial charge in [-0.1, -0.05) is 19.1 Å². The fourth-order valence-corrected chi connectivity index (χ4v) is 2.28. The van der Waals surface area contributed by atoms with Crippen molar-refractivity contribution in [2.75, 3.05) is 5.32 Å². The van der Waals surface area contributed by atoms with E-state index in [-0.39, 0.29) is 29.5 Å². The zero-order valence-corrected chi connectivity index (χ0v) is 14.0. The van der Waals surface area contributed by atoms with Gasteiger partial charge in [-0.25, -0.2) is 0 Å². The lowest BCUT2D eigenvalue weighted by Gasteiger charge is -2.08. The van der Waals surface area contributed by atoms with Crippen molar-refractivity contribution in [2.24, 2.45) is 0 Å². The van der Waals surface area contributed by atoms with E-state index in [4.69, 9.17) is 0 Å². The highest BCUT2D eigenvalue weighted by atomic mass is 16.6. The maximum atomic E-state index is 12.1. The van der Waals surface area contributed by atoms with Gasteiger partial charge in [0, 0.05) is 18.7 Å². The summed E-state index contributed by atoms with van der Waals surface area (Å²) >= 11 is 0. The SMILES string of the molecule is CCCC(=O)Nc1cccc(CNC(=O)c2n[nH]c(C)c2[N+](=O)[O-])c1. The minimum Gasteiger partial charge on any atom is -0.346 e. The summed E-state index contributed by atoms with van der Waals surface area (Å²) in [5.74, 6) is -0.720. The van der Waals surface area contributed by atoms with Crippen molar-refractivity contribution in [3.05, 3.63) is 51.3 Å². The summed E-state index contributed by atoms with van der Waals surface area (Å²) in [5, 5.41) is 22.5. The molecule has 0 saturated carbocycles. The smallest absolute Gasteiger partial charge is 0.322 e. The summed E-state index contributed by atoms with van der Waals surface area (Å²) in [6.07, 6.45) is 1.19. The first-order valence-corrected chi connectivity index (χ1v) is 7.78. The Kier molecular flexibility index (Phi) is 5.83. The Morgan fingerprint density at radius 2 is 2.12 bits per heavy atom. The van der Waals surface area contributed by atoms with Crippen molar-refractivity contribution in [3.63, 3.8) is 0 Å². The first-order chi connectivity index (χ1) is 11.9. The number of H-pyrrole nitrogens is 1. The summed E-state index contributed by atoms with van der Waals surface area (Å²) in [4.78, 5) is 34.1. The topological polar surface area (TPSA) is 130 Å². The van der Waals surface area contributed by atoms with Crippen LogP contribution in [0, 0.1) is 17.0 Å². The van der Waals surface area contributed by atoms with E-state index in [1.165, 1.54) is 6.92 Å². The maximum Gasteiger partial charge on any atom is 0.322 e. The number of aryl methyl sites for hydroxylation is 1. The summed E-state index contributed by atoms with van der Waals surface area (Å²) in [6, 6.07) is 7.02. The number of hydrogen-bond donors (Lipinski definition) is 3. The van der Waals surface area contributed by atoms with E-state index in [9.17, 15) is 19.7 Å². The molecule has 0 aliphatic carbocycles. The van der Waals surface area contributed by atoms with Crippen LogP contribution in [-0.2, 0) is 11.3 Å². The molecule has 0 bridgehead atoms. The second-order valence-electron chi connectivity index (χ2n) is 5.48. The molecular weight excluding hydrogens is 326 g/mol. The van der Waals surface area contributed by atoms with Crippen molar-refractivity contribution in [1.29, 1.82) is 0 Å². The summed E-state index contributed by atoms with van der Waals surface area (Å²) in [5.41, 5.74) is 1.01. The number of nitro groups is 1. The predicted octanol–water partition coefficient (Wildman–Crippen LogP) is 2.29. The quantitative estimate of drug-likeness (QED) is 0.523. The van der Waals surface area contributed by atoms with Crippen LogP contribution in [0.2, 0.25) is 0 Å². The molecule has 1 aromatic carbocycles. The van der Waals surface area contributed by atoms with Crippen LogP contribution >= 0.6 is 0 Å². The van der Waals surface area contributed by atoms with Gasteiger partial charge in [0.1, 0.15) is 5.69 Å². The monoisotopic (exact) mass is 345 g/mol. The number of nitrogens with one attached hydrogen (secondary N) is 3. The molecule has 0 spiro atoms. The third-order valence-corrected chi connectivity index (χ3v) is 3.45. The summed E-state index contributed by atoms with van der Waals surface area (Å²) in [6.45, 7) is 3.55. The molecule has 25 heavy (non-hydrogen) atoms. The lowest BCUT2D eigenvalue weighted by Crippen LogP contribution is -2.24. The second-order valence-corrected chi connectivity index (χ2v) is 5.48.